The fraction of sp³-hybridized carbons (Fsp3) is 0.182. The Morgan fingerprint density at radius 2 is 1.89 bits per heavy atom. The average molecular weight is 389 g/mol. The summed E-state index contributed by atoms with van der Waals surface area (Å²) in [7, 11) is 0. The minimum Gasteiger partial charge on any atom is -0.454 e. The van der Waals surface area contributed by atoms with Crippen molar-refractivity contribution < 1.29 is 9.47 Å². The molecule has 0 saturated heterocycles. The van der Waals surface area contributed by atoms with E-state index in [0.717, 1.165) is 34.0 Å². The number of hydrogen-bond donors (Lipinski definition) is 1. The van der Waals surface area contributed by atoms with Crippen LogP contribution in [0.2, 0.25) is 0 Å². The number of aromatic amines is 1. The quantitative estimate of drug-likeness (QED) is 0.465. The number of aromatic nitrogens is 3. The third-order valence-electron chi connectivity index (χ3n) is 5.07. The molecular weight excluding hydrogens is 370 g/mol. The van der Waals surface area contributed by atoms with Crippen molar-refractivity contribution in [1.29, 1.82) is 0 Å². The van der Waals surface area contributed by atoms with Gasteiger partial charge in [-0.2, -0.15) is 0 Å². The number of H-pyrrole nitrogens is 1. The molecule has 0 saturated carbocycles. The zero-order chi connectivity index (χ0) is 19.3. The maximum atomic E-state index is 5.53. The molecule has 1 aliphatic heterocycles. The van der Waals surface area contributed by atoms with E-state index in [1.54, 1.807) is 0 Å². The fourth-order valence-electron chi connectivity index (χ4n) is 3.66. The minimum absolute atomic E-state index is 0.255. The molecule has 0 unspecified atom stereocenters. The van der Waals surface area contributed by atoms with E-state index in [-0.39, 0.29) is 6.79 Å². The SMILES string of the molecule is CC(C)c1ccccc1-c1cn2c(=S)ncc(-c3ccc4c(c3)OCO4)c2[nH]1. The fourth-order valence-corrected chi connectivity index (χ4v) is 3.86. The molecular formula is C22H19N3O2S. The lowest BCUT2D eigenvalue weighted by molar-refractivity contribution is 0.174. The first kappa shape index (κ1) is 17.0. The van der Waals surface area contributed by atoms with Gasteiger partial charge in [-0.25, -0.2) is 4.98 Å². The predicted octanol–water partition coefficient (Wildman–Crippen LogP) is 5.58. The molecule has 4 aromatic rings. The number of imidazole rings is 1. The highest BCUT2D eigenvalue weighted by atomic mass is 32.1. The summed E-state index contributed by atoms with van der Waals surface area (Å²) in [4.78, 5) is 7.99. The highest BCUT2D eigenvalue weighted by Crippen LogP contribution is 2.37. The molecule has 5 rings (SSSR count). The summed E-state index contributed by atoms with van der Waals surface area (Å²) in [5, 5.41) is 0. The maximum Gasteiger partial charge on any atom is 0.231 e. The lowest BCUT2D eigenvalue weighted by atomic mass is 9.96. The molecule has 3 heterocycles. The Labute approximate surface area is 167 Å². The van der Waals surface area contributed by atoms with E-state index >= 15 is 0 Å². The van der Waals surface area contributed by atoms with Crippen LogP contribution in [0.3, 0.4) is 0 Å². The Balaban J connectivity index is 1.72. The third kappa shape index (κ3) is 2.68. The van der Waals surface area contributed by atoms with Gasteiger partial charge >= 0.3 is 0 Å². The minimum atomic E-state index is 0.255. The van der Waals surface area contributed by atoms with E-state index in [2.05, 4.69) is 48.1 Å². The topological polar surface area (TPSA) is 51.6 Å². The molecule has 2 aromatic heterocycles. The highest BCUT2D eigenvalue weighted by molar-refractivity contribution is 7.71. The van der Waals surface area contributed by atoms with Gasteiger partial charge in [0.25, 0.3) is 0 Å². The van der Waals surface area contributed by atoms with Crippen molar-refractivity contribution in [3.63, 3.8) is 0 Å². The molecule has 0 atom stereocenters. The molecule has 2 aromatic carbocycles. The molecule has 5 nitrogen and oxygen atoms in total. The van der Waals surface area contributed by atoms with Crippen LogP contribution in [0.5, 0.6) is 11.5 Å². The van der Waals surface area contributed by atoms with Gasteiger partial charge in [0.2, 0.25) is 11.6 Å². The van der Waals surface area contributed by atoms with Crippen molar-refractivity contribution in [2.75, 3.05) is 6.79 Å². The van der Waals surface area contributed by atoms with Crippen LogP contribution in [0.25, 0.3) is 28.0 Å². The number of ether oxygens (including phenoxy) is 2. The Hall–Kier alpha value is -3.12. The molecule has 1 N–H and O–H groups in total. The highest BCUT2D eigenvalue weighted by Gasteiger charge is 2.17. The second kappa shape index (κ2) is 6.49. The van der Waals surface area contributed by atoms with Crippen molar-refractivity contribution in [1.82, 2.24) is 14.4 Å². The Morgan fingerprint density at radius 3 is 2.75 bits per heavy atom. The van der Waals surface area contributed by atoms with Gasteiger partial charge in [-0.3, -0.25) is 4.40 Å². The molecule has 0 fully saturated rings. The lowest BCUT2D eigenvalue weighted by Gasteiger charge is -2.10. The van der Waals surface area contributed by atoms with Crippen LogP contribution in [-0.2, 0) is 0 Å². The van der Waals surface area contributed by atoms with Crippen LogP contribution in [0.1, 0.15) is 25.3 Å². The Bertz CT molecular complexity index is 1260. The smallest absolute Gasteiger partial charge is 0.231 e. The van der Waals surface area contributed by atoms with E-state index in [1.807, 2.05) is 35.0 Å². The summed E-state index contributed by atoms with van der Waals surface area (Å²) >= 11 is 5.48. The molecule has 1 aliphatic rings. The van der Waals surface area contributed by atoms with Crippen LogP contribution in [0, 0.1) is 4.77 Å². The summed E-state index contributed by atoms with van der Waals surface area (Å²) in [5.74, 6) is 1.93. The number of benzene rings is 2. The summed E-state index contributed by atoms with van der Waals surface area (Å²) in [5.41, 5.74) is 6.35. The molecule has 28 heavy (non-hydrogen) atoms. The maximum absolute atomic E-state index is 5.53. The number of hydrogen-bond acceptors (Lipinski definition) is 4. The van der Waals surface area contributed by atoms with Crippen molar-refractivity contribution in [2.45, 2.75) is 19.8 Å². The second-order valence-corrected chi connectivity index (χ2v) is 7.52. The molecule has 140 valence electrons. The van der Waals surface area contributed by atoms with Gasteiger partial charge in [0.15, 0.2) is 11.5 Å². The first-order chi connectivity index (χ1) is 13.6. The van der Waals surface area contributed by atoms with Crippen molar-refractivity contribution in [3.05, 3.63) is 65.2 Å². The van der Waals surface area contributed by atoms with E-state index < -0.39 is 0 Å². The standard InChI is InChI=1S/C22H19N3O2S/c1-13(2)15-5-3-4-6-16(15)18-11-25-21(24-18)17(10-23-22(25)28)14-7-8-19-20(9-14)27-12-26-19/h3-11,13,24H,12H2,1-2H3. The second-order valence-electron chi connectivity index (χ2n) is 7.15. The van der Waals surface area contributed by atoms with Crippen molar-refractivity contribution in [3.8, 4) is 33.9 Å². The predicted molar refractivity (Wildman–Crippen MR) is 111 cm³/mol. The first-order valence-electron chi connectivity index (χ1n) is 9.21. The molecule has 0 bridgehead atoms. The van der Waals surface area contributed by atoms with E-state index in [4.69, 9.17) is 21.7 Å². The molecule has 0 amide bonds. The molecule has 6 heteroatoms. The van der Waals surface area contributed by atoms with Gasteiger partial charge < -0.3 is 14.5 Å². The van der Waals surface area contributed by atoms with Gasteiger partial charge in [-0.05, 0) is 41.4 Å². The molecule has 0 radical (unpaired) electrons. The van der Waals surface area contributed by atoms with Crippen LogP contribution >= 0.6 is 12.2 Å². The van der Waals surface area contributed by atoms with E-state index in [1.165, 1.54) is 11.1 Å². The first-order valence-corrected chi connectivity index (χ1v) is 9.62. The number of fused-ring (bicyclic) bond motifs is 2. The van der Waals surface area contributed by atoms with Crippen molar-refractivity contribution >= 4 is 17.9 Å². The average Bonchev–Trinajstić information content (AvgIpc) is 3.35. The summed E-state index contributed by atoms with van der Waals surface area (Å²) < 4.78 is 13.4. The Morgan fingerprint density at radius 1 is 1.07 bits per heavy atom. The van der Waals surface area contributed by atoms with Crippen molar-refractivity contribution in [2.24, 2.45) is 0 Å². The summed E-state index contributed by atoms with van der Waals surface area (Å²) in [6.45, 7) is 4.66. The number of rotatable bonds is 3. The number of nitrogens with one attached hydrogen (secondary N) is 1. The third-order valence-corrected chi connectivity index (χ3v) is 5.38. The van der Waals surface area contributed by atoms with Crippen LogP contribution in [0.4, 0.5) is 0 Å². The monoisotopic (exact) mass is 389 g/mol. The zero-order valence-electron chi connectivity index (χ0n) is 15.6. The summed E-state index contributed by atoms with van der Waals surface area (Å²) in [6, 6.07) is 14.4. The lowest BCUT2D eigenvalue weighted by Crippen LogP contribution is -1.93. The molecule has 0 aliphatic carbocycles. The van der Waals surface area contributed by atoms with Gasteiger partial charge in [-0.1, -0.05) is 44.2 Å². The normalized spacial score (nSPS) is 12.8. The van der Waals surface area contributed by atoms with Gasteiger partial charge in [0, 0.05) is 23.5 Å². The van der Waals surface area contributed by atoms with Crippen LogP contribution < -0.4 is 9.47 Å². The number of nitrogens with zero attached hydrogens (tertiary/aromatic N) is 2. The van der Waals surface area contributed by atoms with Crippen LogP contribution in [0.15, 0.2) is 54.9 Å². The largest absolute Gasteiger partial charge is 0.454 e. The van der Waals surface area contributed by atoms with Gasteiger partial charge in [0.1, 0.15) is 5.65 Å². The van der Waals surface area contributed by atoms with Crippen LogP contribution in [-0.4, -0.2) is 21.2 Å². The van der Waals surface area contributed by atoms with E-state index in [0.29, 0.717) is 10.7 Å². The van der Waals surface area contributed by atoms with Gasteiger partial charge in [0.05, 0.1) is 5.69 Å². The molecule has 0 spiro atoms. The zero-order valence-corrected chi connectivity index (χ0v) is 16.4. The van der Waals surface area contributed by atoms with Gasteiger partial charge in [-0.15, -0.1) is 0 Å². The Kier molecular flexibility index (Phi) is 3.94. The summed E-state index contributed by atoms with van der Waals surface area (Å²) in [6.07, 6.45) is 3.84. The van der Waals surface area contributed by atoms with E-state index in [9.17, 15) is 0 Å².